The first-order valence-corrected chi connectivity index (χ1v) is 8.28. The first-order valence-electron chi connectivity index (χ1n) is 6.45. The number of carbonyl (C=O) groups excluding carboxylic acids is 2. The van der Waals surface area contributed by atoms with E-state index in [1.165, 1.54) is 13.8 Å². The van der Waals surface area contributed by atoms with Gasteiger partial charge >= 0.3 is 11.9 Å². The van der Waals surface area contributed by atoms with Crippen LogP contribution in [0.3, 0.4) is 0 Å². The molecule has 21 heavy (non-hydrogen) atoms. The van der Waals surface area contributed by atoms with E-state index in [2.05, 4.69) is 9.47 Å². The number of hydrogen-bond acceptors (Lipinski definition) is 8. The van der Waals surface area contributed by atoms with Gasteiger partial charge in [-0.1, -0.05) is 0 Å². The molecule has 0 fully saturated rings. The van der Waals surface area contributed by atoms with E-state index in [-0.39, 0.29) is 26.1 Å². The van der Waals surface area contributed by atoms with Gasteiger partial charge in [0.25, 0.3) is 0 Å². The Bertz CT molecular complexity index is 397. The van der Waals surface area contributed by atoms with Crippen LogP contribution in [0.5, 0.6) is 0 Å². The van der Waals surface area contributed by atoms with Crippen molar-refractivity contribution in [2.24, 2.45) is 0 Å². The maximum Gasteiger partial charge on any atom is 0.302 e. The van der Waals surface area contributed by atoms with Gasteiger partial charge in [0.05, 0.1) is 36.9 Å². The highest BCUT2D eigenvalue weighted by Crippen LogP contribution is 2.04. The lowest BCUT2D eigenvalue weighted by molar-refractivity contribution is -0.142. The van der Waals surface area contributed by atoms with Gasteiger partial charge in [0.1, 0.15) is 0 Å². The third kappa shape index (κ3) is 12.3. The summed E-state index contributed by atoms with van der Waals surface area (Å²) in [5, 5.41) is 19.1. The third-order valence-electron chi connectivity index (χ3n) is 2.41. The van der Waals surface area contributed by atoms with Gasteiger partial charge in [0, 0.05) is 26.7 Å². The molecule has 0 heterocycles. The molecule has 0 rings (SSSR count). The summed E-state index contributed by atoms with van der Waals surface area (Å²) in [7, 11) is -3.66. The highest BCUT2D eigenvalue weighted by Gasteiger charge is 2.21. The van der Waals surface area contributed by atoms with Crippen LogP contribution in [0.4, 0.5) is 0 Å². The second-order valence-electron chi connectivity index (χ2n) is 4.64. The fourth-order valence-electron chi connectivity index (χ4n) is 1.50. The van der Waals surface area contributed by atoms with Gasteiger partial charge in [-0.3, -0.25) is 9.59 Å². The van der Waals surface area contributed by atoms with Crippen LogP contribution in [0.2, 0.25) is 0 Å². The molecular formula is C12H22O8S. The molecule has 0 bridgehead atoms. The van der Waals surface area contributed by atoms with Gasteiger partial charge in [-0.15, -0.1) is 0 Å². The second-order valence-corrected chi connectivity index (χ2v) is 6.80. The summed E-state index contributed by atoms with van der Waals surface area (Å²) in [6.07, 6.45) is -2.34. The number of rotatable bonds is 10. The molecule has 2 unspecified atom stereocenters. The number of aliphatic hydroxyl groups is 2. The van der Waals surface area contributed by atoms with Crippen molar-refractivity contribution < 1.29 is 37.7 Å². The molecule has 0 aliphatic heterocycles. The van der Waals surface area contributed by atoms with Crippen molar-refractivity contribution in [2.45, 2.75) is 38.9 Å². The minimum absolute atomic E-state index is 0.00233. The first kappa shape index (κ1) is 19.8. The average Bonchev–Trinajstić information content (AvgIpc) is 2.25. The van der Waals surface area contributed by atoms with Crippen molar-refractivity contribution in [3.8, 4) is 0 Å². The largest absolute Gasteiger partial charge is 0.466 e. The Hall–Kier alpha value is -1.19. The molecule has 8 nitrogen and oxygen atoms in total. The van der Waals surface area contributed by atoms with E-state index in [9.17, 15) is 28.2 Å². The summed E-state index contributed by atoms with van der Waals surface area (Å²) < 4.78 is 32.6. The number of hydrogen-bond donors (Lipinski definition) is 2. The van der Waals surface area contributed by atoms with Crippen molar-refractivity contribution in [3.63, 3.8) is 0 Å². The van der Waals surface area contributed by atoms with E-state index in [0.29, 0.717) is 0 Å². The lowest BCUT2D eigenvalue weighted by atomic mass is 10.3. The van der Waals surface area contributed by atoms with Gasteiger partial charge < -0.3 is 19.7 Å². The summed E-state index contributed by atoms with van der Waals surface area (Å²) in [6.45, 7) is 2.28. The van der Waals surface area contributed by atoms with E-state index >= 15 is 0 Å². The topological polar surface area (TPSA) is 127 Å². The molecule has 0 saturated carbocycles. The molecule has 0 aromatic rings. The molecule has 9 heteroatoms. The van der Waals surface area contributed by atoms with Crippen molar-refractivity contribution in [3.05, 3.63) is 0 Å². The number of ether oxygens (including phenoxy) is 2. The van der Waals surface area contributed by atoms with Gasteiger partial charge in [0.2, 0.25) is 0 Å². The van der Waals surface area contributed by atoms with Crippen LogP contribution < -0.4 is 0 Å². The van der Waals surface area contributed by atoms with Crippen LogP contribution in [0, 0.1) is 0 Å². The van der Waals surface area contributed by atoms with E-state index < -0.39 is 45.5 Å². The van der Waals surface area contributed by atoms with E-state index in [4.69, 9.17) is 0 Å². The Morgan fingerprint density at radius 3 is 1.52 bits per heavy atom. The van der Waals surface area contributed by atoms with Crippen LogP contribution >= 0.6 is 0 Å². The van der Waals surface area contributed by atoms with Crippen molar-refractivity contribution in [1.82, 2.24) is 0 Å². The van der Waals surface area contributed by atoms with Crippen molar-refractivity contribution in [1.29, 1.82) is 0 Å². The quantitative estimate of drug-likeness (QED) is 0.491. The summed E-state index contributed by atoms with van der Waals surface area (Å²) in [5.74, 6) is -2.07. The van der Waals surface area contributed by atoms with Gasteiger partial charge in [0.15, 0.2) is 9.84 Å². The lowest BCUT2D eigenvalue weighted by Gasteiger charge is -2.14. The fraction of sp³-hybridized carbons (Fsp3) is 0.833. The molecule has 0 radical (unpaired) electrons. The minimum atomic E-state index is -3.66. The van der Waals surface area contributed by atoms with Gasteiger partial charge in [-0.25, -0.2) is 8.42 Å². The highest BCUT2D eigenvalue weighted by molar-refractivity contribution is 7.91. The highest BCUT2D eigenvalue weighted by atomic mass is 32.2. The molecule has 124 valence electrons. The lowest BCUT2D eigenvalue weighted by Crippen LogP contribution is -2.30. The van der Waals surface area contributed by atoms with E-state index in [1.807, 2.05) is 0 Å². The van der Waals surface area contributed by atoms with E-state index in [0.717, 1.165) is 0 Å². The zero-order chi connectivity index (χ0) is 16.5. The number of carbonyl (C=O) groups is 2. The zero-order valence-corrected chi connectivity index (χ0v) is 13.0. The summed E-state index contributed by atoms with van der Waals surface area (Å²) >= 11 is 0. The SMILES string of the molecule is CC(=O)OCCC(O)CS(=O)(=O)CC(O)CCOC(C)=O. The standard InChI is InChI=1S/C12H22O8S/c1-9(13)19-5-3-11(15)7-21(17,18)8-12(16)4-6-20-10(2)14/h11-12,15-16H,3-8H2,1-2H3. The van der Waals surface area contributed by atoms with Gasteiger partial charge in [-0.2, -0.15) is 0 Å². The Balaban J connectivity index is 4.05. The Labute approximate surface area is 124 Å². The molecular weight excluding hydrogens is 304 g/mol. The normalized spacial score (nSPS) is 14.3. The summed E-state index contributed by atoms with van der Waals surface area (Å²) in [5.41, 5.74) is 0. The Morgan fingerprint density at radius 2 is 1.24 bits per heavy atom. The Morgan fingerprint density at radius 1 is 0.905 bits per heavy atom. The second kappa shape index (κ2) is 9.69. The molecule has 0 spiro atoms. The van der Waals surface area contributed by atoms with Crippen LogP contribution in [0.15, 0.2) is 0 Å². The van der Waals surface area contributed by atoms with Crippen LogP contribution in [0.25, 0.3) is 0 Å². The molecule has 0 amide bonds. The van der Waals surface area contributed by atoms with Crippen molar-refractivity contribution >= 4 is 21.8 Å². The summed E-state index contributed by atoms with van der Waals surface area (Å²) in [6, 6.07) is 0. The number of sulfone groups is 1. The smallest absolute Gasteiger partial charge is 0.302 e. The molecule has 0 aromatic carbocycles. The molecule has 0 aliphatic rings. The molecule has 0 aromatic heterocycles. The molecule has 0 aliphatic carbocycles. The number of aliphatic hydroxyl groups excluding tert-OH is 2. The Kier molecular flexibility index (Phi) is 9.14. The molecule has 2 N–H and O–H groups in total. The predicted molar refractivity (Wildman–Crippen MR) is 73.2 cm³/mol. The van der Waals surface area contributed by atoms with Crippen LogP contribution in [0.1, 0.15) is 26.7 Å². The third-order valence-corrected chi connectivity index (χ3v) is 4.19. The fourth-order valence-corrected chi connectivity index (χ4v) is 3.14. The minimum Gasteiger partial charge on any atom is -0.466 e. The zero-order valence-electron chi connectivity index (χ0n) is 12.1. The monoisotopic (exact) mass is 326 g/mol. The van der Waals surface area contributed by atoms with Crippen LogP contribution in [-0.4, -0.2) is 67.5 Å². The van der Waals surface area contributed by atoms with Crippen molar-refractivity contribution in [2.75, 3.05) is 24.7 Å². The van der Waals surface area contributed by atoms with Gasteiger partial charge in [-0.05, 0) is 0 Å². The van der Waals surface area contributed by atoms with Crippen LogP contribution in [-0.2, 0) is 28.9 Å². The first-order chi connectivity index (χ1) is 9.62. The molecule has 2 atom stereocenters. The maximum atomic E-state index is 11.7. The maximum absolute atomic E-state index is 11.7. The number of esters is 2. The average molecular weight is 326 g/mol. The predicted octanol–water partition coefficient (Wildman–Crippen LogP) is -0.971. The molecule has 0 saturated heterocycles. The van der Waals surface area contributed by atoms with E-state index in [1.54, 1.807) is 0 Å². The summed E-state index contributed by atoms with van der Waals surface area (Å²) in [4.78, 5) is 21.0.